The summed E-state index contributed by atoms with van der Waals surface area (Å²) in [6.45, 7) is 4.65. The number of nitrogens with one attached hydrogen (secondary N) is 2. The normalized spacial score (nSPS) is 14.1. The zero-order valence-electron chi connectivity index (χ0n) is 25.3. The second-order valence-electron chi connectivity index (χ2n) is 11.1. The number of pyridine rings is 1. The maximum atomic E-state index is 14.5. The number of carbonyl (C=O) groups is 2. The summed E-state index contributed by atoms with van der Waals surface area (Å²) in [5, 5.41) is 2.57. The Morgan fingerprint density at radius 3 is 2.40 bits per heavy atom. The van der Waals surface area contributed by atoms with Crippen LogP contribution in [0, 0.1) is 11.6 Å². The molecule has 1 aromatic heterocycles. The fraction of sp³-hybridized carbons (Fsp3) is 0.387. The number of urea groups is 1. The number of nitrogens with zero attached hydrogens (tertiary/aromatic N) is 3. The van der Waals surface area contributed by atoms with Crippen LogP contribution in [-0.2, 0) is 27.8 Å². The number of aromatic nitrogens is 1. The first-order valence-corrected chi connectivity index (χ1v) is 16.6. The minimum atomic E-state index is -3.36. The number of unbranched alkanes of at least 4 members (excludes halogenated alkanes) is 1. The number of carbonyl (C=O) groups excluding carboxylic acids is 2. The largest absolute Gasteiger partial charge is 0.439 e. The van der Waals surface area contributed by atoms with Crippen LogP contribution in [0.3, 0.4) is 0 Å². The van der Waals surface area contributed by atoms with Crippen LogP contribution in [0.5, 0.6) is 11.6 Å². The van der Waals surface area contributed by atoms with Crippen molar-refractivity contribution in [2.75, 3.05) is 35.9 Å². The molecule has 0 unspecified atom stereocenters. The van der Waals surface area contributed by atoms with E-state index in [4.69, 9.17) is 10.5 Å². The highest BCUT2D eigenvalue weighted by atomic mass is 32.2. The van der Waals surface area contributed by atoms with E-state index in [9.17, 15) is 26.8 Å². The molecule has 0 aliphatic carbocycles. The predicted molar refractivity (Wildman–Crippen MR) is 167 cm³/mol. The molecule has 0 radical (unpaired) electrons. The van der Waals surface area contributed by atoms with Gasteiger partial charge < -0.3 is 20.7 Å². The molecule has 0 atom stereocenters. The number of hydrogen-bond acceptors (Lipinski definition) is 7. The lowest BCUT2D eigenvalue weighted by Crippen LogP contribution is -2.49. The lowest BCUT2D eigenvalue weighted by atomic mass is 10.0. The summed E-state index contributed by atoms with van der Waals surface area (Å²) >= 11 is 0. The van der Waals surface area contributed by atoms with E-state index in [1.807, 2.05) is 13.0 Å². The maximum Gasteiger partial charge on any atom is 0.322 e. The van der Waals surface area contributed by atoms with E-state index in [1.54, 1.807) is 41.4 Å². The van der Waals surface area contributed by atoms with E-state index in [0.29, 0.717) is 36.5 Å². The molecule has 3 aromatic rings. The van der Waals surface area contributed by atoms with Crippen molar-refractivity contribution in [1.29, 1.82) is 0 Å². The van der Waals surface area contributed by atoms with Gasteiger partial charge in [0.25, 0.3) is 0 Å². The fourth-order valence-corrected chi connectivity index (χ4v) is 5.68. The van der Waals surface area contributed by atoms with Crippen molar-refractivity contribution in [1.82, 2.24) is 14.8 Å². The fourth-order valence-electron chi connectivity index (χ4n) is 5.12. The number of benzene rings is 2. The van der Waals surface area contributed by atoms with Gasteiger partial charge in [0, 0.05) is 56.2 Å². The summed E-state index contributed by atoms with van der Waals surface area (Å²) in [7, 11) is -3.36. The minimum Gasteiger partial charge on any atom is -0.439 e. The van der Waals surface area contributed by atoms with E-state index in [2.05, 4.69) is 19.9 Å². The van der Waals surface area contributed by atoms with Crippen LogP contribution >= 0.6 is 0 Å². The molecule has 1 aliphatic heterocycles. The van der Waals surface area contributed by atoms with Gasteiger partial charge in [0.05, 0.1) is 18.4 Å². The first kappa shape index (κ1) is 33.6. The maximum absolute atomic E-state index is 14.5. The number of nitrogens with two attached hydrogens (primary N) is 1. The van der Waals surface area contributed by atoms with Crippen LogP contribution in [0.15, 0.2) is 54.7 Å². The smallest absolute Gasteiger partial charge is 0.322 e. The summed E-state index contributed by atoms with van der Waals surface area (Å²) in [5.41, 5.74) is 6.32. The number of hydrogen-bond donors (Lipinski definition) is 3. The minimum absolute atomic E-state index is 0.0608. The second kappa shape index (κ2) is 15.1. The van der Waals surface area contributed by atoms with Gasteiger partial charge in [-0.25, -0.2) is 27.0 Å². The van der Waals surface area contributed by atoms with Crippen molar-refractivity contribution in [2.45, 2.75) is 51.6 Å². The van der Waals surface area contributed by atoms with Crippen LogP contribution in [0.25, 0.3) is 0 Å². The molecule has 4 N–H and O–H groups in total. The second-order valence-corrected chi connectivity index (χ2v) is 12.8. The summed E-state index contributed by atoms with van der Waals surface area (Å²) in [6.07, 6.45) is 5.50. The monoisotopic (exact) mass is 644 g/mol. The SMILES string of the molecule is CCCCN(C(=O)Nc1cc(CC(N)=O)c(F)cc1F)C1CCN(Cc2ccc(Oc3ccc(NS(C)(=O)=O)cc3)nc2)CC1. The molecule has 11 nitrogen and oxygen atoms in total. The summed E-state index contributed by atoms with van der Waals surface area (Å²) < 4.78 is 59.5. The highest BCUT2D eigenvalue weighted by Gasteiger charge is 2.28. The van der Waals surface area contributed by atoms with Gasteiger partial charge in [-0.15, -0.1) is 0 Å². The Hall–Kier alpha value is -4.30. The Balaban J connectivity index is 1.31. The van der Waals surface area contributed by atoms with Gasteiger partial charge in [-0.05, 0) is 60.7 Å². The summed E-state index contributed by atoms with van der Waals surface area (Å²) in [6, 6.07) is 11.4. The number of primary amides is 1. The molecule has 45 heavy (non-hydrogen) atoms. The van der Waals surface area contributed by atoms with Crippen molar-refractivity contribution >= 4 is 33.3 Å². The Bertz CT molecular complexity index is 1580. The molecular weight excluding hydrogens is 606 g/mol. The first-order valence-electron chi connectivity index (χ1n) is 14.7. The van der Waals surface area contributed by atoms with Crippen LogP contribution in [0.1, 0.15) is 43.7 Å². The van der Waals surface area contributed by atoms with Gasteiger partial charge >= 0.3 is 6.03 Å². The van der Waals surface area contributed by atoms with E-state index >= 15 is 0 Å². The van der Waals surface area contributed by atoms with Crippen LogP contribution < -0.4 is 20.5 Å². The van der Waals surface area contributed by atoms with Crippen molar-refractivity contribution in [2.24, 2.45) is 5.73 Å². The molecule has 0 saturated carbocycles. The highest BCUT2D eigenvalue weighted by molar-refractivity contribution is 7.92. The highest BCUT2D eigenvalue weighted by Crippen LogP contribution is 2.25. The predicted octanol–water partition coefficient (Wildman–Crippen LogP) is 4.85. The zero-order chi connectivity index (χ0) is 32.6. The molecule has 1 saturated heterocycles. The van der Waals surface area contributed by atoms with Crippen LogP contribution in [0.4, 0.5) is 25.0 Å². The molecule has 3 amide bonds. The van der Waals surface area contributed by atoms with Gasteiger partial charge in [0.1, 0.15) is 17.4 Å². The number of likely N-dealkylation sites (tertiary alicyclic amines) is 1. The molecule has 1 fully saturated rings. The van der Waals surface area contributed by atoms with Gasteiger partial charge in [0.2, 0.25) is 21.8 Å². The Kier molecular flexibility index (Phi) is 11.3. The summed E-state index contributed by atoms with van der Waals surface area (Å²) in [5.74, 6) is -1.67. The van der Waals surface area contributed by atoms with Gasteiger partial charge in [-0.1, -0.05) is 19.4 Å². The van der Waals surface area contributed by atoms with E-state index in [0.717, 1.165) is 56.7 Å². The molecule has 242 valence electrons. The number of piperidine rings is 1. The quantitative estimate of drug-likeness (QED) is 0.241. The van der Waals surface area contributed by atoms with Gasteiger partial charge in [-0.2, -0.15) is 0 Å². The topological polar surface area (TPSA) is 147 Å². The molecule has 0 spiro atoms. The molecule has 4 rings (SSSR count). The number of anilines is 2. The third-order valence-electron chi connectivity index (χ3n) is 7.34. The van der Waals surface area contributed by atoms with E-state index in [1.165, 1.54) is 0 Å². The first-order chi connectivity index (χ1) is 21.4. The van der Waals surface area contributed by atoms with Crippen LogP contribution in [0.2, 0.25) is 0 Å². The Labute approximate surface area is 261 Å². The molecule has 2 heterocycles. The van der Waals surface area contributed by atoms with Crippen molar-refractivity contribution in [3.05, 3.63) is 77.5 Å². The van der Waals surface area contributed by atoms with Crippen molar-refractivity contribution < 1.29 is 31.5 Å². The van der Waals surface area contributed by atoms with Gasteiger partial charge in [-0.3, -0.25) is 14.4 Å². The van der Waals surface area contributed by atoms with E-state index < -0.39 is 40.0 Å². The molecule has 14 heteroatoms. The third kappa shape index (κ3) is 10.1. The molecular formula is C31H38F2N6O5S. The third-order valence-corrected chi connectivity index (χ3v) is 7.94. The Morgan fingerprint density at radius 1 is 1.09 bits per heavy atom. The van der Waals surface area contributed by atoms with Gasteiger partial charge in [0.15, 0.2) is 0 Å². The number of rotatable bonds is 13. The van der Waals surface area contributed by atoms with Crippen molar-refractivity contribution in [3.8, 4) is 11.6 Å². The molecule has 2 aromatic carbocycles. The lowest BCUT2D eigenvalue weighted by molar-refractivity contribution is -0.117. The average Bonchev–Trinajstić information content (AvgIpc) is 2.97. The molecule has 1 aliphatic rings. The Morgan fingerprint density at radius 2 is 1.80 bits per heavy atom. The number of halogens is 2. The number of sulfonamides is 1. The lowest BCUT2D eigenvalue weighted by Gasteiger charge is -2.38. The summed E-state index contributed by atoms with van der Waals surface area (Å²) in [4.78, 5) is 33.0. The average molecular weight is 645 g/mol. The zero-order valence-corrected chi connectivity index (χ0v) is 26.1. The molecule has 0 bridgehead atoms. The number of ether oxygens (including phenoxy) is 1. The number of amides is 3. The standard InChI is InChI=1S/C31H38F2N6O5S/c1-3-4-13-39(31(41)36-28-16-22(17-29(34)40)26(32)18-27(28)33)24-11-14-38(15-12-24)20-21-5-10-30(35-19-21)44-25-8-6-23(7-9-25)37-45(2,42)43/h5-10,16,18-19,24,37H,3-4,11-15,17,20H2,1-2H3,(H2,34,40)(H,36,41). The van der Waals surface area contributed by atoms with Crippen molar-refractivity contribution in [3.63, 3.8) is 0 Å². The van der Waals surface area contributed by atoms with E-state index in [-0.39, 0.29) is 17.3 Å². The van der Waals surface area contributed by atoms with Crippen LogP contribution in [-0.4, -0.2) is 67.1 Å².